The lowest BCUT2D eigenvalue weighted by molar-refractivity contribution is -0.132. The Morgan fingerprint density at radius 1 is 1.04 bits per heavy atom. The summed E-state index contributed by atoms with van der Waals surface area (Å²) in [5, 5.41) is 0. The summed E-state index contributed by atoms with van der Waals surface area (Å²) in [4.78, 5) is 14.2. The molecule has 0 saturated carbocycles. The minimum Gasteiger partial charge on any atom is -0.492 e. The van der Waals surface area contributed by atoms with E-state index in [1.807, 2.05) is 47.4 Å². The van der Waals surface area contributed by atoms with Crippen molar-refractivity contribution in [1.29, 1.82) is 0 Å². The second kappa shape index (κ2) is 7.97. The number of piperidine rings is 1. The first-order valence-electron chi connectivity index (χ1n) is 8.54. The Bertz CT molecular complexity index is 664. The number of amides is 1. The molecule has 1 saturated heterocycles. The van der Waals surface area contributed by atoms with E-state index in [0.717, 1.165) is 42.8 Å². The van der Waals surface area contributed by atoms with Crippen LogP contribution in [0.25, 0.3) is 11.1 Å². The molecule has 1 aliphatic rings. The fourth-order valence-corrected chi connectivity index (χ4v) is 3.00. The van der Waals surface area contributed by atoms with Gasteiger partial charge < -0.3 is 15.4 Å². The summed E-state index contributed by atoms with van der Waals surface area (Å²) < 4.78 is 5.90. The number of nitrogens with two attached hydrogens (primary N) is 1. The van der Waals surface area contributed by atoms with Crippen LogP contribution in [0.15, 0.2) is 54.6 Å². The topological polar surface area (TPSA) is 55.6 Å². The number of para-hydroxylation sites is 1. The van der Waals surface area contributed by atoms with Gasteiger partial charge in [0.15, 0.2) is 0 Å². The summed E-state index contributed by atoms with van der Waals surface area (Å²) in [6, 6.07) is 18.3. The van der Waals surface area contributed by atoms with Gasteiger partial charge >= 0.3 is 0 Å². The van der Waals surface area contributed by atoms with E-state index >= 15 is 0 Å². The van der Waals surface area contributed by atoms with Crippen molar-refractivity contribution in [2.24, 2.45) is 5.73 Å². The van der Waals surface area contributed by atoms with Crippen LogP contribution in [-0.4, -0.2) is 36.5 Å². The van der Waals surface area contributed by atoms with E-state index < -0.39 is 0 Å². The molecule has 1 aliphatic heterocycles. The number of hydrogen-bond acceptors (Lipinski definition) is 3. The Morgan fingerprint density at radius 3 is 2.46 bits per heavy atom. The molecule has 2 aromatic rings. The van der Waals surface area contributed by atoms with E-state index in [9.17, 15) is 4.79 Å². The van der Waals surface area contributed by atoms with Gasteiger partial charge in [-0.25, -0.2) is 0 Å². The van der Waals surface area contributed by atoms with Gasteiger partial charge in [-0.1, -0.05) is 48.5 Å². The maximum atomic E-state index is 12.3. The Labute approximate surface area is 143 Å². The number of nitrogens with zero attached hydrogens (tertiary/aromatic N) is 1. The second-order valence-corrected chi connectivity index (χ2v) is 6.18. The smallest absolute Gasteiger partial charge is 0.225 e. The number of benzene rings is 2. The Morgan fingerprint density at radius 2 is 1.71 bits per heavy atom. The standard InChI is InChI=1S/C20H24N2O2/c21-17-10-13-22(14-11-17)20(23)12-15-24-19-9-5-4-8-18(19)16-6-2-1-3-7-16/h1-9,17H,10-15,21H2. The average molecular weight is 324 g/mol. The van der Waals surface area contributed by atoms with Crippen molar-refractivity contribution in [3.63, 3.8) is 0 Å². The van der Waals surface area contributed by atoms with Crippen molar-refractivity contribution < 1.29 is 9.53 Å². The summed E-state index contributed by atoms with van der Waals surface area (Å²) in [6.07, 6.45) is 2.19. The van der Waals surface area contributed by atoms with Gasteiger partial charge in [-0.3, -0.25) is 4.79 Å². The zero-order chi connectivity index (χ0) is 16.8. The van der Waals surface area contributed by atoms with Gasteiger partial charge in [0, 0.05) is 24.7 Å². The average Bonchev–Trinajstić information content (AvgIpc) is 2.63. The van der Waals surface area contributed by atoms with Crippen LogP contribution in [0.4, 0.5) is 0 Å². The lowest BCUT2D eigenvalue weighted by Gasteiger charge is -2.30. The van der Waals surface area contributed by atoms with Gasteiger partial charge in [0.25, 0.3) is 0 Å². The molecular weight excluding hydrogens is 300 g/mol. The van der Waals surface area contributed by atoms with Crippen molar-refractivity contribution in [1.82, 2.24) is 4.90 Å². The number of carbonyl (C=O) groups excluding carboxylic acids is 1. The molecule has 1 heterocycles. The molecule has 1 amide bonds. The fourth-order valence-electron chi connectivity index (χ4n) is 3.00. The van der Waals surface area contributed by atoms with E-state index in [4.69, 9.17) is 10.5 Å². The molecule has 0 bridgehead atoms. The molecule has 0 atom stereocenters. The Kier molecular flexibility index (Phi) is 5.49. The lowest BCUT2D eigenvalue weighted by atomic mass is 10.0. The molecule has 2 aromatic carbocycles. The van der Waals surface area contributed by atoms with Crippen LogP contribution in [0.5, 0.6) is 5.75 Å². The van der Waals surface area contributed by atoms with Crippen molar-refractivity contribution in [2.45, 2.75) is 25.3 Å². The Hall–Kier alpha value is -2.33. The summed E-state index contributed by atoms with van der Waals surface area (Å²) >= 11 is 0. The summed E-state index contributed by atoms with van der Waals surface area (Å²) in [7, 11) is 0. The van der Waals surface area contributed by atoms with Gasteiger partial charge in [0.1, 0.15) is 5.75 Å². The van der Waals surface area contributed by atoms with E-state index in [2.05, 4.69) is 12.1 Å². The zero-order valence-electron chi connectivity index (χ0n) is 13.9. The first kappa shape index (κ1) is 16.5. The molecule has 0 unspecified atom stereocenters. The first-order chi connectivity index (χ1) is 11.7. The molecule has 126 valence electrons. The van der Waals surface area contributed by atoms with E-state index in [1.54, 1.807) is 0 Å². The molecule has 0 aliphatic carbocycles. The van der Waals surface area contributed by atoms with Crippen LogP contribution in [-0.2, 0) is 4.79 Å². The highest BCUT2D eigenvalue weighted by molar-refractivity contribution is 5.76. The molecular formula is C20H24N2O2. The lowest BCUT2D eigenvalue weighted by Crippen LogP contribution is -2.43. The van der Waals surface area contributed by atoms with Gasteiger partial charge in [-0.2, -0.15) is 0 Å². The zero-order valence-corrected chi connectivity index (χ0v) is 13.9. The Balaban J connectivity index is 1.57. The molecule has 0 radical (unpaired) electrons. The van der Waals surface area contributed by atoms with Crippen molar-refractivity contribution in [2.75, 3.05) is 19.7 Å². The maximum Gasteiger partial charge on any atom is 0.225 e. The quantitative estimate of drug-likeness (QED) is 0.919. The van der Waals surface area contributed by atoms with Crippen LogP contribution in [0.2, 0.25) is 0 Å². The largest absolute Gasteiger partial charge is 0.492 e. The van der Waals surface area contributed by atoms with Gasteiger partial charge in [0.2, 0.25) is 5.91 Å². The molecule has 4 heteroatoms. The van der Waals surface area contributed by atoms with Crippen molar-refractivity contribution in [3.8, 4) is 16.9 Å². The highest BCUT2D eigenvalue weighted by Gasteiger charge is 2.20. The summed E-state index contributed by atoms with van der Waals surface area (Å²) in [5.74, 6) is 0.969. The third kappa shape index (κ3) is 4.15. The second-order valence-electron chi connectivity index (χ2n) is 6.18. The predicted octanol–water partition coefficient (Wildman–Crippen LogP) is 3.07. The van der Waals surface area contributed by atoms with Gasteiger partial charge in [0.05, 0.1) is 13.0 Å². The van der Waals surface area contributed by atoms with Crippen LogP contribution < -0.4 is 10.5 Å². The van der Waals surface area contributed by atoms with Crippen molar-refractivity contribution in [3.05, 3.63) is 54.6 Å². The monoisotopic (exact) mass is 324 g/mol. The third-order valence-electron chi connectivity index (χ3n) is 4.44. The number of ether oxygens (including phenoxy) is 1. The third-order valence-corrected chi connectivity index (χ3v) is 4.44. The molecule has 24 heavy (non-hydrogen) atoms. The van der Waals surface area contributed by atoms with Crippen molar-refractivity contribution >= 4 is 5.91 Å². The highest BCUT2D eigenvalue weighted by atomic mass is 16.5. The number of rotatable bonds is 5. The molecule has 0 aromatic heterocycles. The minimum atomic E-state index is 0.152. The number of likely N-dealkylation sites (tertiary alicyclic amines) is 1. The minimum absolute atomic E-state index is 0.152. The number of hydrogen-bond donors (Lipinski definition) is 1. The fraction of sp³-hybridized carbons (Fsp3) is 0.350. The summed E-state index contributed by atoms with van der Waals surface area (Å²) in [5.41, 5.74) is 8.05. The van der Waals surface area contributed by atoms with Gasteiger partial charge in [-0.15, -0.1) is 0 Å². The predicted molar refractivity (Wildman–Crippen MR) is 95.8 cm³/mol. The van der Waals surface area contributed by atoms with Crippen LogP contribution in [0.1, 0.15) is 19.3 Å². The molecule has 0 spiro atoms. The van der Waals surface area contributed by atoms with Gasteiger partial charge in [-0.05, 0) is 24.5 Å². The van der Waals surface area contributed by atoms with E-state index in [-0.39, 0.29) is 11.9 Å². The molecule has 3 rings (SSSR count). The SMILES string of the molecule is NC1CCN(C(=O)CCOc2ccccc2-c2ccccc2)CC1. The van der Waals surface area contributed by atoms with Crippen LogP contribution in [0, 0.1) is 0 Å². The van der Waals surface area contributed by atoms with Crippen LogP contribution >= 0.6 is 0 Å². The first-order valence-corrected chi connectivity index (χ1v) is 8.54. The van der Waals surface area contributed by atoms with E-state index in [1.165, 1.54) is 0 Å². The highest BCUT2D eigenvalue weighted by Crippen LogP contribution is 2.29. The molecule has 1 fully saturated rings. The molecule has 2 N–H and O–H groups in total. The molecule has 4 nitrogen and oxygen atoms in total. The summed E-state index contributed by atoms with van der Waals surface area (Å²) in [6.45, 7) is 1.92. The number of carbonyl (C=O) groups is 1. The van der Waals surface area contributed by atoms with Crippen LogP contribution in [0.3, 0.4) is 0 Å². The maximum absolute atomic E-state index is 12.3. The normalized spacial score (nSPS) is 15.3. The van der Waals surface area contributed by atoms with E-state index in [0.29, 0.717) is 13.0 Å².